The van der Waals surface area contributed by atoms with Crippen LogP contribution in [-0.2, 0) is 13.0 Å². The molecule has 3 aromatic rings. The van der Waals surface area contributed by atoms with E-state index in [1.54, 1.807) is 19.4 Å². The van der Waals surface area contributed by atoms with E-state index in [9.17, 15) is 4.39 Å². The Morgan fingerprint density at radius 2 is 1.97 bits per heavy atom. The molecule has 0 spiro atoms. The van der Waals surface area contributed by atoms with Crippen molar-refractivity contribution in [2.45, 2.75) is 19.9 Å². The van der Waals surface area contributed by atoms with Crippen LogP contribution in [0.2, 0.25) is 0 Å². The molecule has 0 saturated heterocycles. The molecule has 3 rings (SSSR count). The van der Waals surface area contributed by atoms with E-state index in [1.165, 1.54) is 17.7 Å². The zero-order valence-corrected chi connectivity index (χ0v) is 19.2. The van der Waals surface area contributed by atoms with Crippen molar-refractivity contribution in [2.24, 2.45) is 4.99 Å². The second-order valence-electron chi connectivity index (χ2n) is 6.72. The number of hydrogen-bond donors (Lipinski definition) is 1. The molecule has 0 aliphatic rings. The maximum absolute atomic E-state index is 13.4. The van der Waals surface area contributed by atoms with Crippen LogP contribution in [-0.4, -0.2) is 36.5 Å². The van der Waals surface area contributed by atoms with Crippen molar-refractivity contribution in [3.05, 3.63) is 77.4 Å². The first kappa shape index (κ1) is 22.9. The zero-order valence-electron chi connectivity index (χ0n) is 16.9. The number of hydrogen-bond acceptors (Lipinski definition) is 3. The average Bonchev–Trinajstić information content (AvgIpc) is 3.14. The molecule has 1 heterocycles. The molecule has 154 valence electrons. The minimum atomic E-state index is -0.232. The minimum Gasteiger partial charge on any atom is -0.444 e. The van der Waals surface area contributed by atoms with Crippen molar-refractivity contribution in [1.29, 1.82) is 0 Å². The van der Waals surface area contributed by atoms with Gasteiger partial charge in [-0.25, -0.2) is 9.37 Å². The zero-order chi connectivity index (χ0) is 19.9. The summed E-state index contributed by atoms with van der Waals surface area (Å²) in [5.74, 6) is 1.14. The summed E-state index contributed by atoms with van der Waals surface area (Å²) >= 11 is 0. The summed E-state index contributed by atoms with van der Waals surface area (Å²) in [6.07, 6.45) is 2.40. The summed E-state index contributed by atoms with van der Waals surface area (Å²) in [5, 5.41) is 3.31. The first-order valence-corrected chi connectivity index (χ1v) is 9.23. The molecular weight excluding hydrogens is 482 g/mol. The van der Waals surface area contributed by atoms with Crippen LogP contribution >= 0.6 is 24.0 Å². The van der Waals surface area contributed by atoms with Crippen molar-refractivity contribution in [1.82, 2.24) is 15.2 Å². The Bertz CT molecular complexity index is 940. The Morgan fingerprint density at radius 3 is 2.66 bits per heavy atom. The highest BCUT2D eigenvalue weighted by atomic mass is 127. The third-order valence-electron chi connectivity index (χ3n) is 4.40. The number of benzene rings is 2. The smallest absolute Gasteiger partial charge is 0.226 e. The molecule has 29 heavy (non-hydrogen) atoms. The number of halogens is 2. The van der Waals surface area contributed by atoms with Crippen LogP contribution in [0, 0.1) is 12.7 Å². The second kappa shape index (κ2) is 10.9. The number of rotatable bonds is 6. The average molecular weight is 508 g/mol. The molecule has 0 atom stereocenters. The van der Waals surface area contributed by atoms with Crippen LogP contribution < -0.4 is 5.32 Å². The van der Waals surface area contributed by atoms with Gasteiger partial charge in [-0.1, -0.05) is 29.8 Å². The first-order chi connectivity index (χ1) is 13.5. The summed E-state index contributed by atoms with van der Waals surface area (Å²) < 4.78 is 19.0. The fraction of sp³-hybridized carbons (Fsp3) is 0.273. The highest BCUT2D eigenvalue weighted by molar-refractivity contribution is 14.0. The van der Waals surface area contributed by atoms with Gasteiger partial charge in [0.05, 0.1) is 5.69 Å². The molecule has 0 aliphatic carbocycles. The molecule has 0 amide bonds. The lowest BCUT2D eigenvalue weighted by Crippen LogP contribution is -2.39. The molecule has 0 aliphatic heterocycles. The van der Waals surface area contributed by atoms with Crippen LogP contribution in [0.4, 0.5) is 4.39 Å². The Morgan fingerprint density at radius 1 is 1.21 bits per heavy atom. The molecule has 0 unspecified atom stereocenters. The van der Waals surface area contributed by atoms with Crippen LogP contribution in [0.3, 0.4) is 0 Å². The third-order valence-corrected chi connectivity index (χ3v) is 4.40. The van der Waals surface area contributed by atoms with Gasteiger partial charge in [0, 0.05) is 39.2 Å². The molecule has 5 nitrogen and oxygen atoms in total. The van der Waals surface area contributed by atoms with Gasteiger partial charge >= 0.3 is 0 Å². The maximum atomic E-state index is 13.4. The fourth-order valence-electron chi connectivity index (χ4n) is 2.92. The van der Waals surface area contributed by atoms with E-state index in [0.717, 1.165) is 22.8 Å². The number of aromatic nitrogens is 1. The van der Waals surface area contributed by atoms with Gasteiger partial charge in [0.2, 0.25) is 5.89 Å². The normalized spacial score (nSPS) is 11.1. The molecule has 0 bridgehead atoms. The fourth-order valence-corrected chi connectivity index (χ4v) is 2.92. The predicted molar refractivity (Wildman–Crippen MR) is 125 cm³/mol. The van der Waals surface area contributed by atoms with Crippen molar-refractivity contribution < 1.29 is 8.81 Å². The van der Waals surface area contributed by atoms with E-state index in [1.807, 2.05) is 42.3 Å². The van der Waals surface area contributed by atoms with Crippen molar-refractivity contribution >= 4 is 29.9 Å². The molecule has 7 heteroatoms. The van der Waals surface area contributed by atoms with Gasteiger partial charge in [-0.15, -0.1) is 24.0 Å². The van der Waals surface area contributed by atoms with Crippen LogP contribution in [0.1, 0.15) is 16.8 Å². The predicted octanol–water partition coefficient (Wildman–Crippen LogP) is 4.66. The van der Waals surface area contributed by atoms with Crippen molar-refractivity contribution in [2.75, 3.05) is 20.6 Å². The van der Waals surface area contributed by atoms with E-state index in [4.69, 9.17) is 4.42 Å². The van der Waals surface area contributed by atoms with Gasteiger partial charge in [-0.3, -0.25) is 4.99 Å². The number of oxazole rings is 1. The first-order valence-electron chi connectivity index (χ1n) is 9.23. The summed E-state index contributed by atoms with van der Waals surface area (Å²) in [6, 6.07) is 14.7. The number of guanidine groups is 1. The summed E-state index contributed by atoms with van der Waals surface area (Å²) in [7, 11) is 3.65. The highest BCUT2D eigenvalue weighted by Gasteiger charge is 2.09. The SMILES string of the molecule is CN=C(NCCc1coc(-c2ccc(C)cc2)n1)N(C)Cc1cccc(F)c1.I. The largest absolute Gasteiger partial charge is 0.444 e. The van der Waals surface area contributed by atoms with E-state index < -0.39 is 0 Å². The van der Waals surface area contributed by atoms with Crippen molar-refractivity contribution in [3.63, 3.8) is 0 Å². The van der Waals surface area contributed by atoms with Gasteiger partial charge in [-0.2, -0.15) is 0 Å². The van der Waals surface area contributed by atoms with E-state index in [2.05, 4.69) is 22.2 Å². The van der Waals surface area contributed by atoms with E-state index in [-0.39, 0.29) is 29.8 Å². The molecule has 0 fully saturated rings. The van der Waals surface area contributed by atoms with Gasteiger partial charge in [0.25, 0.3) is 0 Å². The quantitative estimate of drug-likeness (QED) is 0.299. The minimum absolute atomic E-state index is 0. The monoisotopic (exact) mass is 508 g/mol. The van der Waals surface area contributed by atoms with Gasteiger partial charge < -0.3 is 14.6 Å². The molecule has 0 radical (unpaired) electrons. The Hall–Kier alpha value is -2.42. The Kier molecular flexibility index (Phi) is 8.63. The highest BCUT2D eigenvalue weighted by Crippen LogP contribution is 2.19. The van der Waals surface area contributed by atoms with Crippen LogP contribution in [0.5, 0.6) is 0 Å². The Labute approximate surface area is 188 Å². The second-order valence-corrected chi connectivity index (χ2v) is 6.72. The third kappa shape index (κ3) is 6.56. The number of aryl methyl sites for hydroxylation is 1. The molecule has 2 aromatic carbocycles. The molecule has 1 N–H and O–H groups in total. The van der Waals surface area contributed by atoms with Gasteiger partial charge in [0.1, 0.15) is 12.1 Å². The Balaban J connectivity index is 0.00000300. The number of nitrogens with zero attached hydrogens (tertiary/aromatic N) is 3. The van der Waals surface area contributed by atoms with Crippen LogP contribution in [0.15, 0.2) is 64.2 Å². The summed E-state index contributed by atoms with van der Waals surface area (Å²) in [4.78, 5) is 10.8. The standard InChI is InChI=1S/C22H25FN4O.HI/c1-16-7-9-18(10-8-16)21-26-20(15-28-21)11-12-25-22(24-2)27(3)14-17-5-4-6-19(23)13-17;/h4-10,13,15H,11-12,14H2,1-3H3,(H,24,25);1H. The summed E-state index contributed by atoms with van der Waals surface area (Å²) in [6.45, 7) is 3.29. The molecular formula is C22H26FIN4O. The van der Waals surface area contributed by atoms with E-state index in [0.29, 0.717) is 25.4 Å². The lowest BCUT2D eigenvalue weighted by atomic mass is 10.1. The lowest BCUT2D eigenvalue weighted by molar-refractivity contribution is 0.475. The van der Waals surface area contributed by atoms with Crippen LogP contribution in [0.25, 0.3) is 11.5 Å². The van der Waals surface area contributed by atoms with E-state index >= 15 is 0 Å². The van der Waals surface area contributed by atoms with Crippen molar-refractivity contribution in [3.8, 4) is 11.5 Å². The number of aliphatic imine (C=N–C) groups is 1. The maximum Gasteiger partial charge on any atom is 0.226 e. The van der Waals surface area contributed by atoms with Gasteiger partial charge in [-0.05, 0) is 36.8 Å². The molecule has 1 aromatic heterocycles. The van der Waals surface area contributed by atoms with Gasteiger partial charge in [0.15, 0.2) is 5.96 Å². The summed E-state index contributed by atoms with van der Waals surface area (Å²) in [5.41, 5.74) is 3.94. The molecule has 0 saturated carbocycles. The lowest BCUT2D eigenvalue weighted by Gasteiger charge is -2.22. The topological polar surface area (TPSA) is 53.7 Å². The number of nitrogens with one attached hydrogen (secondary N) is 1.